The first-order valence-electron chi connectivity index (χ1n) is 7.53. The molecule has 22 heavy (non-hydrogen) atoms. The summed E-state index contributed by atoms with van der Waals surface area (Å²) in [7, 11) is 0. The van der Waals surface area contributed by atoms with Crippen molar-refractivity contribution in [2.45, 2.75) is 49.6 Å². The molecular weight excluding hydrogens is 318 g/mol. The number of thioether (sulfide) groups is 1. The van der Waals surface area contributed by atoms with Crippen LogP contribution in [0.5, 0.6) is 0 Å². The van der Waals surface area contributed by atoms with Crippen LogP contribution in [0.4, 0.5) is 0 Å². The van der Waals surface area contributed by atoms with Crippen LogP contribution < -0.4 is 0 Å². The quantitative estimate of drug-likeness (QED) is 0.625. The summed E-state index contributed by atoms with van der Waals surface area (Å²) in [6.07, 6.45) is 4.52. The van der Waals surface area contributed by atoms with Gasteiger partial charge < -0.3 is 4.57 Å². The number of nitrogens with zero attached hydrogens (tertiary/aromatic N) is 3. The highest BCUT2D eigenvalue weighted by Gasteiger charge is 2.22. The number of hydrogen-bond donors (Lipinski definition) is 0. The summed E-state index contributed by atoms with van der Waals surface area (Å²) >= 11 is 7.44. The van der Waals surface area contributed by atoms with E-state index < -0.39 is 0 Å². The van der Waals surface area contributed by atoms with Crippen molar-refractivity contribution in [3.05, 3.63) is 40.7 Å². The summed E-state index contributed by atoms with van der Waals surface area (Å²) in [6.45, 7) is 2.86. The van der Waals surface area contributed by atoms with Gasteiger partial charge in [0.15, 0.2) is 10.9 Å². The molecule has 3 rings (SSSR count). The first kappa shape index (κ1) is 15.6. The van der Waals surface area contributed by atoms with Crippen molar-refractivity contribution < 1.29 is 4.79 Å². The molecule has 0 spiro atoms. The average Bonchev–Trinajstić information content (AvgIpc) is 2.74. The number of carbonyl (C=O) groups excluding carboxylic acids is 1. The van der Waals surface area contributed by atoms with Gasteiger partial charge in [0, 0.05) is 23.6 Å². The Kier molecular flexibility index (Phi) is 4.84. The van der Waals surface area contributed by atoms with Crippen molar-refractivity contribution in [3.8, 4) is 0 Å². The largest absolute Gasteiger partial charge is 0.306 e. The number of benzene rings is 1. The molecular formula is C16H18ClN3OS. The van der Waals surface area contributed by atoms with E-state index in [0.717, 1.165) is 30.4 Å². The summed E-state index contributed by atoms with van der Waals surface area (Å²) in [5.41, 5.74) is 0.642. The maximum atomic E-state index is 12.5. The molecule has 0 saturated carbocycles. The first-order valence-corrected chi connectivity index (χ1v) is 8.79. The number of hydrogen-bond acceptors (Lipinski definition) is 4. The van der Waals surface area contributed by atoms with Crippen LogP contribution in [0.1, 0.15) is 42.4 Å². The molecule has 0 N–H and O–H groups in total. The average molecular weight is 336 g/mol. The van der Waals surface area contributed by atoms with Crippen molar-refractivity contribution in [2.24, 2.45) is 0 Å². The van der Waals surface area contributed by atoms with E-state index in [-0.39, 0.29) is 11.0 Å². The molecule has 0 unspecified atom stereocenters. The van der Waals surface area contributed by atoms with Gasteiger partial charge in [-0.15, -0.1) is 10.2 Å². The lowest BCUT2D eigenvalue weighted by Gasteiger charge is -2.11. The minimum absolute atomic E-state index is 0.0680. The molecule has 1 aromatic heterocycles. The van der Waals surface area contributed by atoms with Gasteiger partial charge in [0.1, 0.15) is 5.82 Å². The minimum Gasteiger partial charge on any atom is -0.306 e. The smallest absolute Gasteiger partial charge is 0.191 e. The molecule has 1 aliphatic rings. The fourth-order valence-electron chi connectivity index (χ4n) is 2.63. The number of carbonyl (C=O) groups is 1. The lowest BCUT2D eigenvalue weighted by Crippen LogP contribution is -2.15. The molecule has 6 heteroatoms. The molecule has 2 aromatic rings. The Balaban J connectivity index is 1.75. The molecule has 1 aliphatic heterocycles. The number of halogens is 1. The highest BCUT2D eigenvalue weighted by atomic mass is 35.5. The van der Waals surface area contributed by atoms with Gasteiger partial charge in [0.05, 0.1) is 5.25 Å². The van der Waals surface area contributed by atoms with Crippen molar-refractivity contribution in [2.75, 3.05) is 0 Å². The van der Waals surface area contributed by atoms with Crippen LogP contribution in [-0.2, 0) is 13.0 Å². The van der Waals surface area contributed by atoms with Crippen LogP contribution in [0.15, 0.2) is 29.4 Å². The van der Waals surface area contributed by atoms with Crippen LogP contribution in [0.2, 0.25) is 5.02 Å². The van der Waals surface area contributed by atoms with Crippen molar-refractivity contribution in [3.63, 3.8) is 0 Å². The zero-order valence-electron chi connectivity index (χ0n) is 12.5. The second-order valence-electron chi connectivity index (χ2n) is 5.50. The van der Waals surface area contributed by atoms with Gasteiger partial charge in [0.2, 0.25) is 0 Å². The maximum absolute atomic E-state index is 12.5. The summed E-state index contributed by atoms with van der Waals surface area (Å²) in [4.78, 5) is 12.5. The Labute approximate surface area is 139 Å². The van der Waals surface area contributed by atoms with Crippen LogP contribution in [0.3, 0.4) is 0 Å². The summed E-state index contributed by atoms with van der Waals surface area (Å²) in [5, 5.41) is 9.76. The van der Waals surface area contributed by atoms with Gasteiger partial charge in [-0.25, -0.2) is 0 Å². The maximum Gasteiger partial charge on any atom is 0.191 e. The third kappa shape index (κ3) is 3.36. The molecule has 0 fully saturated rings. The molecule has 1 atom stereocenters. The van der Waals surface area contributed by atoms with E-state index in [1.54, 1.807) is 24.3 Å². The normalized spacial score (nSPS) is 15.9. The first-order chi connectivity index (χ1) is 10.6. The molecule has 2 heterocycles. The highest BCUT2D eigenvalue weighted by molar-refractivity contribution is 8.00. The van der Waals surface area contributed by atoms with E-state index in [9.17, 15) is 4.79 Å². The monoisotopic (exact) mass is 335 g/mol. The second kappa shape index (κ2) is 6.84. The molecule has 116 valence electrons. The van der Waals surface area contributed by atoms with E-state index in [1.807, 2.05) is 6.92 Å². The highest BCUT2D eigenvalue weighted by Crippen LogP contribution is 2.27. The Bertz CT molecular complexity index is 686. The number of Topliss-reactive ketones (excluding diaryl/α,β-unsaturated/α-hetero) is 1. The van der Waals surface area contributed by atoms with Gasteiger partial charge in [-0.05, 0) is 31.9 Å². The molecule has 0 saturated heterocycles. The SMILES string of the molecule is C[C@@H](Sc1nnc2n1CCCCC2)C(=O)c1cccc(Cl)c1. The standard InChI is InChI=1S/C16H18ClN3OS/c1-11(15(21)12-6-5-7-13(17)10-12)22-16-19-18-14-8-3-2-4-9-20(14)16/h5-7,10-11H,2-4,8-9H2,1H3/t11-/m1/s1. The summed E-state index contributed by atoms with van der Waals surface area (Å²) in [5.74, 6) is 1.11. The lowest BCUT2D eigenvalue weighted by molar-refractivity contribution is 0.0994. The van der Waals surface area contributed by atoms with Crippen LogP contribution in [0, 0.1) is 0 Å². The van der Waals surface area contributed by atoms with Gasteiger partial charge in [-0.2, -0.15) is 0 Å². The number of aromatic nitrogens is 3. The van der Waals surface area contributed by atoms with E-state index >= 15 is 0 Å². The predicted octanol–water partition coefficient (Wildman–Crippen LogP) is 4.02. The predicted molar refractivity (Wildman–Crippen MR) is 88.7 cm³/mol. The molecule has 0 aliphatic carbocycles. The van der Waals surface area contributed by atoms with Crippen molar-refractivity contribution in [1.82, 2.24) is 14.8 Å². The molecule has 0 amide bonds. The Morgan fingerprint density at radius 3 is 3.00 bits per heavy atom. The van der Waals surface area contributed by atoms with Crippen LogP contribution in [-0.4, -0.2) is 25.8 Å². The summed E-state index contributed by atoms with van der Waals surface area (Å²) < 4.78 is 2.17. The van der Waals surface area contributed by atoms with Crippen molar-refractivity contribution >= 4 is 29.1 Å². The van der Waals surface area contributed by atoms with Gasteiger partial charge >= 0.3 is 0 Å². The number of rotatable bonds is 4. The number of aryl methyl sites for hydroxylation is 1. The van der Waals surface area contributed by atoms with Crippen molar-refractivity contribution in [1.29, 1.82) is 0 Å². The molecule has 4 nitrogen and oxygen atoms in total. The van der Waals surface area contributed by atoms with Crippen LogP contribution in [0.25, 0.3) is 0 Å². The van der Waals surface area contributed by atoms with E-state index in [0.29, 0.717) is 10.6 Å². The number of ketones is 1. The van der Waals surface area contributed by atoms with E-state index in [1.165, 1.54) is 24.6 Å². The molecule has 1 aromatic carbocycles. The Morgan fingerprint density at radius 2 is 2.18 bits per heavy atom. The third-order valence-electron chi connectivity index (χ3n) is 3.84. The fourth-order valence-corrected chi connectivity index (χ4v) is 3.80. The van der Waals surface area contributed by atoms with Crippen LogP contribution >= 0.6 is 23.4 Å². The molecule has 0 radical (unpaired) electrons. The Hall–Kier alpha value is -1.33. The second-order valence-corrected chi connectivity index (χ2v) is 7.24. The topological polar surface area (TPSA) is 47.8 Å². The Morgan fingerprint density at radius 1 is 1.32 bits per heavy atom. The van der Waals surface area contributed by atoms with Gasteiger partial charge in [-0.3, -0.25) is 4.79 Å². The van der Waals surface area contributed by atoms with E-state index in [2.05, 4.69) is 14.8 Å². The zero-order chi connectivity index (χ0) is 15.5. The molecule has 0 bridgehead atoms. The lowest BCUT2D eigenvalue weighted by atomic mass is 10.1. The van der Waals surface area contributed by atoms with E-state index in [4.69, 9.17) is 11.6 Å². The zero-order valence-corrected chi connectivity index (χ0v) is 14.0. The minimum atomic E-state index is -0.213. The van der Waals surface area contributed by atoms with Gasteiger partial charge in [-0.1, -0.05) is 41.9 Å². The summed E-state index contributed by atoms with van der Waals surface area (Å²) in [6, 6.07) is 7.09. The number of fused-ring (bicyclic) bond motifs is 1. The third-order valence-corrected chi connectivity index (χ3v) is 5.15. The van der Waals surface area contributed by atoms with Gasteiger partial charge in [0.25, 0.3) is 0 Å². The fraction of sp³-hybridized carbons (Fsp3) is 0.438.